The number of carboxylic acid groups (broad SMARTS) is 1. The summed E-state index contributed by atoms with van der Waals surface area (Å²) in [6.07, 6.45) is 15.6. The smallest absolute Gasteiger partial charge is 0.309 e. The van der Waals surface area contributed by atoms with Gasteiger partial charge in [0.15, 0.2) is 17.3 Å². The minimum Gasteiger partial charge on any atom is -0.481 e. The van der Waals surface area contributed by atoms with Crippen molar-refractivity contribution in [3.63, 3.8) is 0 Å². The summed E-state index contributed by atoms with van der Waals surface area (Å²) in [4.78, 5) is 49.5. The number of benzene rings is 1. The zero-order valence-corrected chi connectivity index (χ0v) is 31.8. The molecule has 6 nitrogen and oxygen atoms in total. The van der Waals surface area contributed by atoms with Gasteiger partial charge in [-0.25, -0.2) is 0 Å². The monoisotopic (exact) mass is 694 g/mol. The third-order valence-electron chi connectivity index (χ3n) is 15.8. The molecule has 0 radical (unpaired) electrons. The Morgan fingerprint density at radius 1 is 0.863 bits per heavy atom. The van der Waals surface area contributed by atoms with E-state index >= 15 is 0 Å². The summed E-state index contributed by atoms with van der Waals surface area (Å²) in [5.74, 6) is -0.441. The van der Waals surface area contributed by atoms with E-state index in [0.717, 1.165) is 56.9 Å². The van der Waals surface area contributed by atoms with E-state index < -0.39 is 11.4 Å². The van der Waals surface area contributed by atoms with Gasteiger partial charge in [0.2, 0.25) is 0 Å². The lowest BCUT2D eigenvalue weighted by molar-refractivity contribution is -0.202. The zero-order chi connectivity index (χ0) is 37.4. The Labute approximate surface area is 304 Å². The molecule has 1 aromatic carbocycles. The molecule has 6 aliphatic rings. The maximum Gasteiger partial charge on any atom is 0.309 e. The van der Waals surface area contributed by atoms with E-state index in [4.69, 9.17) is 0 Å². The molecule has 10 atom stereocenters. The molecule has 0 amide bonds. The molecule has 1 aromatic rings. The summed E-state index contributed by atoms with van der Waals surface area (Å²) in [6.45, 7) is 19.6. The molecule has 0 aliphatic heterocycles. The molecule has 0 bridgehead atoms. The normalized spacial score (nSPS) is 41.6. The van der Waals surface area contributed by atoms with Gasteiger partial charge in [-0.15, -0.1) is 6.58 Å². The zero-order valence-electron chi connectivity index (χ0n) is 31.8. The van der Waals surface area contributed by atoms with Crippen LogP contribution in [0.15, 0.2) is 78.4 Å². The number of carbonyl (C=O) groups is 4. The summed E-state index contributed by atoms with van der Waals surface area (Å²) in [7, 11) is 0. The first-order valence-electron chi connectivity index (χ1n) is 19.1. The summed E-state index contributed by atoms with van der Waals surface area (Å²) >= 11 is 0. The van der Waals surface area contributed by atoms with E-state index in [9.17, 15) is 29.4 Å². The molecule has 6 aliphatic carbocycles. The minimum absolute atomic E-state index is 0.0296. The van der Waals surface area contributed by atoms with Crippen LogP contribution in [0.25, 0.3) is 0 Å². The molecule has 10 unspecified atom stereocenters. The number of aliphatic hydroxyl groups excluding tert-OH is 1. The second kappa shape index (κ2) is 12.6. The quantitative estimate of drug-likeness (QED) is 0.241. The average molecular weight is 695 g/mol. The molecule has 0 heterocycles. The Bertz CT molecular complexity index is 1730. The molecular weight excluding hydrogens is 636 g/mol. The summed E-state index contributed by atoms with van der Waals surface area (Å²) < 4.78 is 0. The lowest BCUT2D eigenvalue weighted by Gasteiger charge is -2.70. The molecular formula is C45H58O6. The highest BCUT2D eigenvalue weighted by Gasteiger charge is 2.70. The van der Waals surface area contributed by atoms with E-state index in [1.165, 1.54) is 23.8 Å². The number of aliphatic carboxylic acids is 1. The first kappa shape index (κ1) is 37.4. The van der Waals surface area contributed by atoms with Crippen LogP contribution in [-0.2, 0) is 19.2 Å². The second-order valence-corrected chi connectivity index (χ2v) is 18.8. The summed E-state index contributed by atoms with van der Waals surface area (Å²) in [5, 5.41) is 20.9. The predicted octanol–water partition coefficient (Wildman–Crippen LogP) is 9.00. The molecule has 4 fully saturated rings. The second-order valence-electron chi connectivity index (χ2n) is 18.8. The fraction of sp³-hybridized carbons (Fsp3) is 0.600. The van der Waals surface area contributed by atoms with E-state index in [2.05, 4.69) is 48.1 Å². The molecule has 4 saturated carbocycles. The standard InChI is InChI=1S/C30H46O4.C15H12O2/c1-25(2)21-8-11-30(7)23(28(21,5)10-9-22(25)32)20(31)16-18-19-17-27(4,24(33)34)13-12-26(19,3)14-15-29(18,30)6;1-2-13(11-6-4-3-5-7-11)14-10-12(16)8-9-15(14)17/h16,19,21-23,32H,8-15,17H2,1-7H3,(H,33,34);2-10,13H,1H2. The van der Waals surface area contributed by atoms with Gasteiger partial charge in [-0.2, -0.15) is 0 Å². The maximum atomic E-state index is 14.2. The number of carbonyl (C=O) groups excluding carboxylic acids is 3. The van der Waals surface area contributed by atoms with Crippen LogP contribution in [0.3, 0.4) is 0 Å². The van der Waals surface area contributed by atoms with E-state index in [0.29, 0.717) is 17.9 Å². The van der Waals surface area contributed by atoms with Crippen molar-refractivity contribution in [3.8, 4) is 0 Å². The van der Waals surface area contributed by atoms with Crippen LogP contribution in [0.1, 0.15) is 118 Å². The van der Waals surface area contributed by atoms with Crippen LogP contribution >= 0.6 is 0 Å². The van der Waals surface area contributed by atoms with Crippen LogP contribution in [0.4, 0.5) is 0 Å². The van der Waals surface area contributed by atoms with Gasteiger partial charge in [0, 0.05) is 17.4 Å². The van der Waals surface area contributed by atoms with Crippen molar-refractivity contribution in [1.82, 2.24) is 0 Å². The first-order valence-corrected chi connectivity index (χ1v) is 19.1. The van der Waals surface area contributed by atoms with Gasteiger partial charge < -0.3 is 10.2 Å². The van der Waals surface area contributed by atoms with Gasteiger partial charge in [0.1, 0.15) is 0 Å². The first-order chi connectivity index (χ1) is 23.8. The van der Waals surface area contributed by atoms with Gasteiger partial charge in [-0.1, -0.05) is 83.5 Å². The van der Waals surface area contributed by atoms with E-state index in [-0.39, 0.29) is 68.3 Å². The van der Waals surface area contributed by atoms with Gasteiger partial charge in [-0.3, -0.25) is 19.2 Å². The largest absolute Gasteiger partial charge is 0.481 e. The van der Waals surface area contributed by atoms with Crippen molar-refractivity contribution >= 4 is 23.3 Å². The van der Waals surface area contributed by atoms with Crippen LogP contribution in [-0.4, -0.2) is 39.6 Å². The van der Waals surface area contributed by atoms with E-state index in [1.807, 2.05) is 43.3 Å². The van der Waals surface area contributed by atoms with Gasteiger partial charge in [-0.05, 0) is 133 Å². The third kappa shape index (κ3) is 5.70. The van der Waals surface area contributed by atoms with Crippen molar-refractivity contribution in [2.45, 2.75) is 118 Å². The molecule has 0 spiro atoms. The highest BCUT2D eigenvalue weighted by molar-refractivity contribution is 6.18. The number of fused-ring (bicyclic) bond motifs is 7. The third-order valence-corrected chi connectivity index (χ3v) is 15.8. The van der Waals surface area contributed by atoms with Crippen molar-refractivity contribution in [1.29, 1.82) is 0 Å². The molecule has 2 N–H and O–H groups in total. The number of rotatable bonds is 4. The van der Waals surface area contributed by atoms with Crippen LogP contribution in [0.2, 0.25) is 0 Å². The number of hydrogen-bond acceptors (Lipinski definition) is 5. The Hall–Kier alpha value is -3.38. The van der Waals surface area contributed by atoms with Crippen molar-refractivity contribution in [2.75, 3.05) is 0 Å². The van der Waals surface area contributed by atoms with Crippen LogP contribution in [0.5, 0.6) is 0 Å². The predicted molar refractivity (Wildman–Crippen MR) is 200 cm³/mol. The number of allylic oxidation sites excluding steroid dienone is 7. The highest BCUT2D eigenvalue weighted by atomic mass is 16.4. The molecule has 51 heavy (non-hydrogen) atoms. The van der Waals surface area contributed by atoms with Gasteiger partial charge in [0.05, 0.1) is 11.5 Å². The topological polar surface area (TPSA) is 109 Å². The molecule has 6 heteroatoms. The van der Waals surface area contributed by atoms with Gasteiger partial charge >= 0.3 is 5.97 Å². The molecule has 0 aromatic heterocycles. The summed E-state index contributed by atoms with van der Waals surface area (Å²) in [5.41, 5.74) is 1.59. The van der Waals surface area contributed by atoms with Crippen LogP contribution < -0.4 is 0 Å². The Morgan fingerprint density at radius 2 is 1.53 bits per heavy atom. The number of ketones is 3. The van der Waals surface area contributed by atoms with Crippen molar-refractivity contribution in [3.05, 3.63) is 84.0 Å². The Balaban J connectivity index is 0.000000221. The maximum absolute atomic E-state index is 14.2. The minimum atomic E-state index is -0.711. The molecule has 274 valence electrons. The number of hydrogen-bond donors (Lipinski definition) is 2. The molecule has 7 rings (SSSR count). The average Bonchev–Trinajstić information content (AvgIpc) is 3.07. The van der Waals surface area contributed by atoms with Gasteiger partial charge in [0.25, 0.3) is 0 Å². The lowest BCUT2D eigenvalue weighted by Crippen LogP contribution is -2.66. The van der Waals surface area contributed by atoms with Crippen molar-refractivity contribution < 1.29 is 29.4 Å². The van der Waals surface area contributed by atoms with Crippen molar-refractivity contribution in [2.24, 2.45) is 50.2 Å². The number of carboxylic acids is 1. The highest BCUT2D eigenvalue weighted by Crippen LogP contribution is 2.75. The fourth-order valence-corrected chi connectivity index (χ4v) is 12.2. The molecule has 0 saturated heterocycles. The van der Waals surface area contributed by atoms with E-state index in [1.54, 1.807) is 6.08 Å². The van der Waals surface area contributed by atoms with Crippen LogP contribution in [0, 0.1) is 50.2 Å². The fourth-order valence-electron chi connectivity index (χ4n) is 12.2. The SMILES string of the molecule is C=CC(C1=CC(=O)C=CC1=O)c1ccccc1.CC1(C(=O)O)CCC2(C)CCC3(C)C(=CC(=O)C4C5(C)CCC(O)C(C)(C)C5CCC43C)C2C1. The Morgan fingerprint density at radius 3 is 2.18 bits per heavy atom. The Kier molecular flexibility index (Phi) is 9.26. The number of aliphatic hydroxyl groups is 1. The summed E-state index contributed by atoms with van der Waals surface area (Å²) in [6, 6.07) is 9.55. The lowest BCUT2D eigenvalue weighted by atomic mass is 9.33.